The Balaban J connectivity index is 2.05. The first-order valence-corrected chi connectivity index (χ1v) is 8.32. The van der Waals surface area contributed by atoms with Gasteiger partial charge in [-0.25, -0.2) is 4.98 Å². The summed E-state index contributed by atoms with van der Waals surface area (Å²) in [4.78, 5) is 6.42. The Labute approximate surface area is 125 Å². The van der Waals surface area contributed by atoms with E-state index < -0.39 is 0 Å². The summed E-state index contributed by atoms with van der Waals surface area (Å²) in [6.07, 6.45) is 3.63. The Morgan fingerprint density at radius 2 is 2.05 bits per heavy atom. The predicted molar refractivity (Wildman–Crippen MR) is 86.4 cm³/mol. The Hall–Kier alpha value is -1.19. The van der Waals surface area contributed by atoms with Crippen molar-refractivity contribution in [2.75, 3.05) is 6.54 Å². The van der Waals surface area contributed by atoms with Crippen molar-refractivity contribution in [3.05, 3.63) is 39.9 Å². The summed E-state index contributed by atoms with van der Waals surface area (Å²) < 4.78 is 0. The molecule has 3 rings (SSSR count). The van der Waals surface area contributed by atoms with Crippen LogP contribution >= 0.6 is 11.3 Å². The van der Waals surface area contributed by atoms with Gasteiger partial charge in [-0.15, -0.1) is 11.3 Å². The van der Waals surface area contributed by atoms with Gasteiger partial charge in [-0.3, -0.25) is 0 Å². The van der Waals surface area contributed by atoms with Gasteiger partial charge in [0.25, 0.3) is 0 Å². The Morgan fingerprint density at radius 3 is 2.75 bits per heavy atom. The lowest BCUT2D eigenvalue weighted by molar-refractivity contribution is 0.476. The van der Waals surface area contributed by atoms with Gasteiger partial charge in [0.15, 0.2) is 0 Å². The lowest BCUT2D eigenvalue weighted by atomic mass is 9.98. The number of thiazole rings is 1. The van der Waals surface area contributed by atoms with Crippen molar-refractivity contribution in [3.8, 4) is 10.6 Å². The molecule has 0 fully saturated rings. The van der Waals surface area contributed by atoms with Gasteiger partial charge in [0.1, 0.15) is 5.01 Å². The molecule has 2 nitrogen and oxygen atoms in total. The number of nitrogens with zero attached hydrogens (tertiary/aromatic N) is 1. The van der Waals surface area contributed by atoms with Crippen molar-refractivity contribution in [1.82, 2.24) is 10.3 Å². The van der Waals surface area contributed by atoms with Gasteiger partial charge in [0, 0.05) is 16.5 Å². The Morgan fingerprint density at radius 1 is 1.30 bits per heavy atom. The van der Waals surface area contributed by atoms with Crippen molar-refractivity contribution >= 4 is 11.3 Å². The zero-order valence-electron chi connectivity index (χ0n) is 12.5. The summed E-state index contributed by atoms with van der Waals surface area (Å²) in [6.45, 7) is 7.58. The van der Waals surface area contributed by atoms with E-state index in [0.29, 0.717) is 6.04 Å². The van der Waals surface area contributed by atoms with Crippen LogP contribution in [0.25, 0.3) is 10.6 Å². The van der Waals surface area contributed by atoms with Gasteiger partial charge in [0.05, 0.1) is 5.69 Å². The van der Waals surface area contributed by atoms with Crippen LogP contribution in [0.1, 0.15) is 47.5 Å². The summed E-state index contributed by atoms with van der Waals surface area (Å²) in [5.74, 6) is 0. The molecule has 1 heterocycles. The second-order valence-electron chi connectivity index (χ2n) is 5.60. The van der Waals surface area contributed by atoms with E-state index in [-0.39, 0.29) is 0 Å². The van der Waals surface area contributed by atoms with E-state index in [1.165, 1.54) is 45.1 Å². The van der Waals surface area contributed by atoms with Gasteiger partial charge in [-0.2, -0.15) is 0 Å². The van der Waals surface area contributed by atoms with E-state index in [1.807, 2.05) is 11.3 Å². The van der Waals surface area contributed by atoms with Gasteiger partial charge in [0.2, 0.25) is 0 Å². The first kappa shape index (κ1) is 13.8. The van der Waals surface area contributed by atoms with Gasteiger partial charge in [-0.05, 0) is 50.8 Å². The molecule has 1 aliphatic carbocycles. The average molecular weight is 286 g/mol. The molecule has 20 heavy (non-hydrogen) atoms. The minimum Gasteiger partial charge on any atom is -0.309 e. The molecule has 0 amide bonds. The molecule has 106 valence electrons. The largest absolute Gasteiger partial charge is 0.309 e. The van der Waals surface area contributed by atoms with Gasteiger partial charge >= 0.3 is 0 Å². The molecule has 2 aromatic rings. The first-order valence-electron chi connectivity index (χ1n) is 7.50. The molecule has 0 saturated heterocycles. The molecule has 0 radical (unpaired) electrons. The van der Waals surface area contributed by atoms with Crippen molar-refractivity contribution in [1.29, 1.82) is 0 Å². The second-order valence-corrected chi connectivity index (χ2v) is 6.63. The standard InChI is InChI=1S/C17H22N2S/c1-4-18-13-9-6-10-14-16(13)20-17(19-14)15-11(2)7-5-8-12(15)3/h5,7-8,13,18H,4,6,9-10H2,1-3H3. The Bertz CT molecular complexity index is 595. The number of hydrogen-bond donors (Lipinski definition) is 1. The van der Waals surface area contributed by atoms with Crippen molar-refractivity contribution in [2.24, 2.45) is 0 Å². The summed E-state index contributed by atoms with van der Waals surface area (Å²) >= 11 is 1.89. The van der Waals surface area contributed by atoms with Crippen LogP contribution in [0.3, 0.4) is 0 Å². The normalized spacial score (nSPS) is 18.1. The molecule has 0 spiro atoms. The number of hydrogen-bond acceptors (Lipinski definition) is 3. The molecular formula is C17H22N2S. The van der Waals surface area contributed by atoms with E-state index in [9.17, 15) is 0 Å². The lowest BCUT2D eigenvalue weighted by Gasteiger charge is -2.21. The third-order valence-corrected chi connectivity index (χ3v) is 5.32. The minimum absolute atomic E-state index is 0.513. The van der Waals surface area contributed by atoms with E-state index in [1.54, 1.807) is 0 Å². The number of aromatic nitrogens is 1. The number of fused-ring (bicyclic) bond motifs is 1. The molecule has 0 bridgehead atoms. The second kappa shape index (κ2) is 5.66. The monoisotopic (exact) mass is 286 g/mol. The quantitative estimate of drug-likeness (QED) is 0.903. The zero-order valence-corrected chi connectivity index (χ0v) is 13.3. The predicted octanol–water partition coefficient (Wildman–Crippen LogP) is 4.41. The summed E-state index contributed by atoms with van der Waals surface area (Å²) in [6, 6.07) is 7.01. The summed E-state index contributed by atoms with van der Waals surface area (Å²) in [7, 11) is 0. The van der Waals surface area contributed by atoms with E-state index in [4.69, 9.17) is 4.98 Å². The molecule has 1 aromatic heterocycles. The third-order valence-electron chi connectivity index (χ3n) is 4.10. The maximum absolute atomic E-state index is 4.95. The fourth-order valence-corrected chi connectivity index (χ4v) is 4.52. The average Bonchev–Trinajstić information content (AvgIpc) is 2.83. The molecule has 0 saturated carbocycles. The van der Waals surface area contributed by atoms with Crippen LogP contribution in [-0.2, 0) is 6.42 Å². The lowest BCUT2D eigenvalue weighted by Crippen LogP contribution is -2.23. The van der Waals surface area contributed by atoms with E-state index >= 15 is 0 Å². The van der Waals surface area contributed by atoms with Crippen LogP contribution in [0.4, 0.5) is 0 Å². The zero-order chi connectivity index (χ0) is 14.1. The first-order chi connectivity index (χ1) is 9.70. The highest BCUT2D eigenvalue weighted by Crippen LogP contribution is 2.39. The van der Waals surface area contributed by atoms with E-state index in [2.05, 4.69) is 44.3 Å². The molecule has 1 aliphatic rings. The summed E-state index contributed by atoms with van der Waals surface area (Å²) in [5, 5.41) is 4.81. The van der Waals surface area contributed by atoms with Crippen molar-refractivity contribution in [3.63, 3.8) is 0 Å². The van der Waals surface area contributed by atoms with Crippen LogP contribution in [0.2, 0.25) is 0 Å². The van der Waals surface area contributed by atoms with E-state index in [0.717, 1.165) is 13.0 Å². The highest BCUT2D eigenvalue weighted by atomic mass is 32.1. The number of rotatable bonds is 3. The number of benzene rings is 1. The SMILES string of the molecule is CCNC1CCCc2nc(-c3c(C)cccc3C)sc21. The summed E-state index contributed by atoms with van der Waals surface area (Å²) in [5.41, 5.74) is 5.32. The molecular weight excluding hydrogens is 264 g/mol. The van der Waals surface area contributed by atoms with Gasteiger partial charge < -0.3 is 5.32 Å². The van der Waals surface area contributed by atoms with Crippen LogP contribution in [0.15, 0.2) is 18.2 Å². The maximum Gasteiger partial charge on any atom is 0.124 e. The van der Waals surface area contributed by atoms with Crippen LogP contribution in [0, 0.1) is 13.8 Å². The topological polar surface area (TPSA) is 24.9 Å². The van der Waals surface area contributed by atoms with Crippen molar-refractivity contribution in [2.45, 2.75) is 46.1 Å². The highest BCUT2D eigenvalue weighted by molar-refractivity contribution is 7.15. The fraction of sp³-hybridized carbons (Fsp3) is 0.471. The molecule has 1 N–H and O–H groups in total. The fourth-order valence-electron chi connectivity index (χ4n) is 3.12. The Kier molecular flexibility index (Phi) is 3.90. The highest BCUT2D eigenvalue weighted by Gasteiger charge is 2.24. The minimum atomic E-state index is 0.513. The molecule has 1 atom stereocenters. The van der Waals surface area contributed by atoms with Crippen LogP contribution < -0.4 is 5.32 Å². The maximum atomic E-state index is 4.95. The molecule has 1 aromatic carbocycles. The molecule has 3 heteroatoms. The van der Waals surface area contributed by atoms with Crippen LogP contribution in [0.5, 0.6) is 0 Å². The molecule has 1 unspecified atom stereocenters. The van der Waals surface area contributed by atoms with Gasteiger partial charge in [-0.1, -0.05) is 25.1 Å². The third kappa shape index (κ3) is 2.40. The number of aryl methyl sites for hydroxylation is 3. The molecule has 0 aliphatic heterocycles. The smallest absolute Gasteiger partial charge is 0.124 e. The van der Waals surface area contributed by atoms with Crippen molar-refractivity contribution < 1.29 is 0 Å². The van der Waals surface area contributed by atoms with Crippen LogP contribution in [-0.4, -0.2) is 11.5 Å². The number of nitrogens with one attached hydrogen (secondary N) is 1.